The maximum absolute atomic E-state index is 12.2. The molecular formula is C14H15NO3. The van der Waals surface area contributed by atoms with E-state index in [9.17, 15) is 9.59 Å². The van der Waals surface area contributed by atoms with Crippen LogP contribution in [0, 0.1) is 0 Å². The summed E-state index contributed by atoms with van der Waals surface area (Å²) in [6.07, 6.45) is 1.77. The van der Waals surface area contributed by atoms with E-state index in [1.54, 1.807) is 29.0 Å². The van der Waals surface area contributed by atoms with Crippen LogP contribution in [0.1, 0.15) is 30.2 Å². The molecule has 0 radical (unpaired) electrons. The molecule has 2 rings (SSSR count). The maximum atomic E-state index is 12.2. The van der Waals surface area contributed by atoms with Crippen molar-refractivity contribution in [2.45, 2.75) is 19.9 Å². The van der Waals surface area contributed by atoms with Crippen molar-refractivity contribution in [1.29, 1.82) is 0 Å². The second-order valence-electron chi connectivity index (χ2n) is 4.42. The number of benzene rings is 1. The molecular weight excluding hydrogens is 230 g/mol. The summed E-state index contributed by atoms with van der Waals surface area (Å²) < 4.78 is 6.30. The second kappa shape index (κ2) is 4.64. The monoisotopic (exact) mass is 245 g/mol. The summed E-state index contributed by atoms with van der Waals surface area (Å²) in [7, 11) is 1.32. The molecule has 1 aromatic heterocycles. The number of aromatic nitrogens is 1. The van der Waals surface area contributed by atoms with Crippen LogP contribution in [0.25, 0.3) is 10.8 Å². The number of methoxy groups -OCH3 is 1. The summed E-state index contributed by atoms with van der Waals surface area (Å²) in [6.45, 7) is 3.88. The Kier molecular flexibility index (Phi) is 3.19. The number of pyridine rings is 1. The van der Waals surface area contributed by atoms with E-state index < -0.39 is 5.97 Å². The fourth-order valence-electron chi connectivity index (χ4n) is 1.91. The van der Waals surface area contributed by atoms with Crippen LogP contribution in [0.3, 0.4) is 0 Å². The van der Waals surface area contributed by atoms with E-state index in [1.165, 1.54) is 7.11 Å². The quantitative estimate of drug-likeness (QED) is 0.763. The van der Waals surface area contributed by atoms with Gasteiger partial charge in [0.2, 0.25) is 0 Å². The number of carbonyl (C=O) groups excluding carboxylic acids is 1. The lowest BCUT2D eigenvalue weighted by Gasteiger charge is -2.10. The predicted octanol–water partition coefficient (Wildman–Crippen LogP) is 2.37. The van der Waals surface area contributed by atoms with Gasteiger partial charge >= 0.3 is 5.97 Å². The van der Waals surface area contributed by atoms with Gasteiger partial charge in [-0.15, -0.1) is 0 Å². The molecule has 0 aliphatic heterocycles. The summed E-state index contributed by atoms with van der Waals surface area (Å²) in [5.41, 5.74) is 0.303. The Morgan fingerprint density at radius 3 is 2.61 bits per heavy atom. The van der Waals surface area contributed by atoms with E-state index in [2.05, 4.69) is 4.74 Å². The lowest BCUT2D eigenvalue weighted by Crippen LogP contribution is -2.21. The molecule has 0 unspecified atom stereocenters. The third-order valence-electron chi connectivity index (χ3n) is 2.91. The van der Waals surface area contributed by atoms with Gasteiger partial charge < -0.3 is 9.30 Å². The van der Waals surface area contributed by atoms with E-state index in [0.29, 0.717) is 10.9 Å². The number of hydrogen-bond acceptors (Lipinski definition) is 3. The first-order valence-corrected chi connectivity index (χ1v) is 5.78. The minimum absolute atomic E-state index is 0.0867. The SMILES string of the molecule is COC(=O)c1ccc2ccn(C(C)C)c(=O)c2c1. The van der Waals surface area contributed by atoms with Crippen LogP contribution in [0.2, 0.25) is 0 Å². The van der Waals surface area contributed by atoms with E-state index in [1.807, 2.05) is 19.9 Å². The van der Waals surface area contributed by atoms with Gasteiger partial charge in [-0.25, -0.2) is 4.79 Å². The number of esters is 1. The van der Waals surface area contributed by atoms with E-state index >= 15 is 0 Å². The lowest BCUT2D eigenvalue weighted by molar-refractivity contribution is 0.0601. The number of nitrogens with zero attached hydrogens (tertiary/aromatic N) is 1. The third kappa shape index (κ3) is 2.01. The fraction of sp³-hybridized carbons (Fsp3) is 0.286. The van der Waals surface area contributed by atoms with Crippen molar-refractivity contribution in [3.8, 4) is 0 Å². The first-order valence-electron chi connectivity index (χ1n) is 5.78. The van der Waals surface area contributed by atoms with Crippen molar-refractivity contribution in [2.24, 2.45) is 0 Å². The van der Waals surface area contributed by atoms with E-state index in [0.717, 1.165) is 5.39 Å². The van der Waals surface area contributed by atoms with Crippen molar-refractivity contribution in [3.05, 3.63) is 46.4 Å². The number of rotatable bonds is 2. The molecule has 0 spiro atoms. The van der Waals surface area contributed by atoms with Crippen molar-refractivity contribution in [3.63, 3.8) is 0 Å². The van der Waals surface area contributed by atoms with Gasteiger partial charge in [0.15, 0.2) is 0 Å². The molecule has 0 amide bonds. The fourth-order valence-corrected chi connectivity index (χ4v) is 1.91. The molecule has 1 heterocycles. The topological polar surface area (TPSA) is 48.3 Å². The molecule has 0 aliphatic carbocycles. The van der Waals surface area contributed by atoms with Crippen LogP contribution in [0.5, 0.6) is 0 Å². The Hall–Kier alpha value is -2.10. The molecule has 1 aromatic carbocycles. The Morgan fingerprint density at radius 2 is 2.00 bits per heavy atom. The van der Waals surface area contributed by atoms with Gasteiger partial charge in [-0.3, -0.25) is 4.79 Å². The first kappa shape index (κ1) is 12.4. The van der Waals surface area contributed by atoms with Gasteiger partial charge in [0.1, 0.15) is 0 Å². The van der Waals surface area contributed by atoms with Crippen molar-refractivity contribution >= 4 is 16.7 Å². The van der Waals surface area contributed by atoms with Crippen LogP contribution in [-0.4, -0.2) is 17.6 Å². The van der Waals surface area contributed by atoms with E-state index in [4.69, 9.17) is 0 Å². The molecule has 0 bridgehead atoms. The van der Waals surface area contributed by atoms with Crippen molar-refractivity contribution < 1.29 is 9.53 Å². The molecule has 0 atom stereocenters. The summed E-state index contributed by atoms with van der Waals surface area (Å²) in [4.78, 5) is 23.7. The van der Waals surface area contributed by atoms with E-state index in [-0.39, 0.29) is 11.6 Å². The second-order valence-corrected chi connectivity index (χ2v) is 4.42. The number of ether oxygens (including phenoxy) is 1. The van der Waals surface area contributed by atoms with Crippen LogP contribution in [0.15, 0.2) is 35.3 Å². The van der Waals surface area contributed by atoms with Crippen LogP contribution < -0.4 is 5.56 Å². The lowest BCUT2D eigenvalue weighted by atomic mass is 10.1. The molecule has 0 N–H and O–H groups in total. The van der Waals surface area contributed by atoms with Crippen LogP contribution in [-0.2, 0) is 4.74 Å². The average Bonchev–Trinajstić information content (AvgIpc) is 2.37. The Balaban J connectivity index is 2.71. The molecule has 18 heavy (non-hydrogen) atoms. The Labute approximate surface area is 105 Å². The summed E-state index contributed by atoms with van der Waals surface area (Å²) in [5, 5.41) is 1.36. The summed E-state index contributed by atoms with van der Waals surface area (Å²) in [6, 6.07) is 6.96. The van der Waals surface area contributed by atoms with Crippen LogP contribution >= 0.6 is 0 Å². The highest BCUT2D eigenvalue weighted by atomic mass is 16.5. The zero-order chi connectivity index (χ0) is 13.3. The van der Waals surface area contributed by atoms with Gasteiger partial charge in [0.25, 0.3) is 5.56 Å². The normalized spacial score (nSPS) is 10.9. The largest absolute Gasteiger partial charge is 0.465 e. The van der Waals surface area contributed by atoms with Gasteiger partial charge in [-0.1, -0.05) is 6.07 Å². The summed E-state index contributed by atoms with van der Waals surface area (Å²) in [5.74, 6) is -0.434. The molecule has 0 fully saturated rings. The zero-order valence-electron chi connectivity index (χ0n) is 10.6. The Morgan fingerprint density at radius 1 is 1.28 bits per heavy atom. The van der Waals surface area contributed by atoms with Crippen LogP contribution in [0.4, 0.5) is 0 Å². The third-order valence-corrected chi connectivity index (χ3v) is 2.91. The highest BCUT2D eigenvalue weighted by Crippen LogP contribution is 2.14. The Bertz CT molecular complexity index is 656. The summed E-state index contributed by atoms with van der Waals surface area (Å²) >= 11 is 0. The molecule has 0 saturated heterocycles. The maximum Gasteiger partial charge on any atom is 0.337 e. The average molecular weight is 245 g/mol. The first-order chi connectivity index (χ1) is 8.54. The van der Waals surface area contributed by atoms with Gasteiger partial charge in [0.05, 0.1) is 12.7 Å². The highest BCUT2D eigenvalue weighted by molar-refractivity contribution is 5.95. The molecule has 4 heteroatoms. The number of carbonyl (C=O) groups is 1. The predicted molar refractivity (Wildman–Crippen MR) is 69.9 cm³/mol. The van der Waals surface area contributed by atoms with Gasteiger partial charge in [-0.2, -0.15) is 0 Å². The van der Waals surface area contributed by atoms with Crippen molar-refractivity contribution in [1.82, 2.24) is 4.57 Å². The smallest absolute Gasteiger partial charge is 0.337 e. The zero-order valence-corrected chi connectivity index (χ0v) is 10.6. The van der Waals surface area contributed by atoms with Crippen molar-refractivity contribution in [2.75, 3.05) is 7.11 Å². The van der Waals surface area contributed by atoms with Gasteiger partial charge in [-0.05, 0) is 37.4 Å². The molecule has 0 saturated carbocycles. The highest BCUT2D eigenvalue weighted by Gasteiger charge is 2.10. The molecule has 0 aliphatic rings. The standard InChI is InChI=1S/C14H15NO3/c1-9(2)15-7-6-10-4-5-11(14(17)18-3)8-12(10)13(15)16/h4-9H,1-3H3. The molecule has 4 nitrogen and oxygen atoms in total. The van der Waals surface area contributed by atoms with Gasteiger partial charge in [0, 0.05) is 17.6 Å². The number of fused-ring (bicyclic) bond motifs is 1. The minimum Gasteiger partial charge on any atom is -0.465 e. The molecule has 2 aromatic rings. The minimum atomic E-state index is -0.434. The molecule has 94 valence electrons. The number of hydrogen-bond donors (Lipinski definition) is 0.